The predicted octanol–water partition coefficient (Wildman–Crippen LogP) is 1.46. The van der Waals surface area contributed by atoms with Crippen LogP contribution in [0.2, 0.25) is 0 Å². The number of carbonyl (C=O) groups is 1. The van der Waals surface area contributed by atoms with Crippen molar-refractivity contribution in [1.29, 1.82) is 0 Å². The van der Waals surface area contributed by atoms with Crippen molar-refractivity contribution in [2.75, 3.05) is 19.5 Å². The van der Waals surface area contributed by atoms with Gasteiger partial charge in [0.25, 0.3) is 5.56 Å². The van der Waals surface area contributed by atoms with Crippen molar-refractivity contribution in [2.45, 2.75) is 19.9 Å². The second-order valence-corrected chi connectivity index (χ2v) is 4.82. The molecule has 0 unspecified atom stereocenters. The average Bonchev–Trinajstić information content (AvgIpc) is 2.56. The van der Waals surface area contributed by atoms with Gasteiger partial charge in [0.15, 0.2) is 11.5 Å². The number of nitrogens with zero attached hydrogens (tertiary/aromatic N) is 2. The van der Waals surface area contributed by atoms with Crippen LogP contribution >= 0.6 is 0 Å². The highest BCUT2D eigenvalue weighted by Gasteiger charge is 2.09. The predicted molar refractivity (Wildman–Crippen MR) is 86.1 cm³/mol. The topological polar surface area (TPSA) is 82.5 Å². The summed E-state index contributed by atoms with van der Waals surface area (Å²) in [5.74, 6) is 0.753. The van der Waals surface area contributed by atoms with E-state index in [-0.39, 0.29) is 18.0 Å². The number of ether oxygens (including phenoxy) is 2. The maximum absolute atomic E-state index is 12.1. The Bertz CT molecular complexity index is 755. The molecule has 0 aliphatic carbocycles. The van der Waals surface area contributed by atoms with Gasteiger partial charge in [-0.3, -0.25) is 14.2 Å². The summed E-state index contributed by atoms with van der Waals surface area (Å²) in [4.78, 5) is 28.1. The van der Waals surface area contributed by atoms with Crippen LogP contribution in [0.3, 0.4) is 0 Å². The normalized spacial score (nSPS) is 10.2. The summed E-state index contributed by atoms with van der Waals surface area (Å²) >= 11 is 0. The van der Waals surface area contributed by atoms with Gasteiger partial charge in [0.05, 0.1) is 20.5 Å². The fraction of sp³-hybridized carbons (Fsp3) is 0.312. The second kappa shape index (κ2) is 7.44. The number of hydrogen-bond acceptors (Lipinski definition) is 5. The van der Waals surface area contributed by atoms with E-state index < -0.39 is 0 Å². The van der Waals surface area contributed by atoms with E-state index in [1.807, 2.05) is 6.92 Å². The van der Waals surface area contributed by atoms with Gasteiger partial charge in [-0.2, -0.15) is 0 Å². The number of aromatic nitrogens is 2. The minimum absolute atomic E-state index is 0.107. The number of benzene rings is 1. The minimum Gasteiger partial charge on any atom is -0.493 e. The Kier molecular flexibility index (Phi) is 5.35. The molecule has 1 aromatic heterocycles. The summed E-state index contributed by atoms with van der Waals surface area (Å²) in [6, 6.07) is 6.47. The van der Waals surface area contributed by atoms with Crippen LogP contribution in [0.5, 0.6) is 11.5 Å². The van der Waals surface area contributed by atoms with Crippen molar-refractivity contribution < 1.29 is 14.3 Å². The zero-order valence-electron chi connectivity index (χ0n) is 13.3. The fourth-order valence-electron chi connectivity index (χ4n) is 2.04. The lowest BCUT2D eigenvalue weighted by Crippen LogP contribution is -2.27. The lowest BCUT2D eigenvalue weighted by molar-refractivity contribution is -0.116. The van der Waals surface area contributed by atoms with Gasteiger partial charge < -0.3 is 14.8 Å². The second-order valence-electron chi connectivity index (χ2n) is 4.82. The van der Waals surface area contributed by atoms with Crippen LogP contribution in [0.4, 0.5) is 5.69 Å². The van der Waals surface area contributed by atoms with Gasteiger partial charge >= 0.3 is 0 Å². The number of aryl methyl sites for hydroxylation is 1. The summed E-state index contributed by atoms with van der Waals surface area (Å²) in [5, 5.41) is 2.71. The first-order chi connectivity index (χ1) is 11.1. The Balaban J connectivity index is 2.09. The van der Waals surface area contributed by atoms with Crippen LogP contribution in [-0.2, 0) is 17.8 Å². The van der Waals surface area contributed by atoms with Crippen molar-refractivity contribution in [3.05, 3.63) is 46.6 Å². The molecule has 0 saturated carbocycles. The number of nitrogens with one attached hydrogen (secondary N) is 1. The van der Waals surface area contributed by atoms with Crippen LogP contribution in [0.1, 0.15) is 12.6 Å². The first-order valence-electron chi connectivity index (χ1n) is 7.14. The third-order valence-corrected chi connectivity index (χ3v) is 3.28. The number of rotatable bonds is 6. The van der Waals surface area contributed by atoms with Crippen LogP contribution in [-0.4, -0.2) is 29.7 Å². The fourth-order valence-corrected chi connectivity index (χ4v) is 2.04. The summed E-state index contributed by atoms with van der Waals surface area (Å²) in [6.07, 6.45) is 2.06. The van der Waals surface area contributed by atoms with Crippen LogP contribution in [0.15, 0.2) is 35.4 Å². The molecule has 23 heavy (non-hydrogen) atoms. The number of amides is 1. The van der Waals surface area contributed by atoms with E-state index in [0.29, 0.717) is 29.3 Å². The molecule has 1 aromatic carbocycles. The molecule has 122 valence electrons. The molecule has 2 rings (SSSR count). The number of carbonyl (C=O) groups excluding carboxylic acids is 1. The highest BCUT2D eigenvalue weighted by atomic mass is 16.5. The largest absolute Gasteiger partial charge is 0.493 e. The van der Waals surface area contributed by atoms with E-state index in [2.05, 4.69) is 10.3 Å². The SMILES string of the molecule is CCc1cc(=O)n(CC(=O)Nc2ccc(OC)c(OC)c2)cn1. The third kappa shape index (κ3) is 4.09. The first-order valence-corrected chi connectivity index (χ1v) is 7.14. The Morgan fingerprint density at radius 1 is 1.22 bits per heavy atom. The van der Waals surface area contributed by atoms with Gasteiger partial charge in [0.2, 0.25) is 5.91 Å². The molecule has 1 heterocycles. The third-order valence-electron chi connectivity index (χ3n) is 3.28. The lowest BCUT2D eigenvalue weighted by atomic mass is 10.2. The van der Waals surface area contributed by atoms with Crippen molar-refractivity contribution in [1.82, 2.24) is 9.55 Å². The Morgan fingerprint density at radius 3 is 2.57 bits per heavy atom. The molecule has 0 aliphatic rings. The summed E-state index contributed by atoms with van der Waals surface area (Å²) in [7, 11) is 3.06. The summed E-state index contributed by atoms with van der Waals surface area (Å²) in [6.45, 7) is 1.81. The number of hydrogen-bond donors (Lipinski definition) is 1. The van der Waals surface area contributed by atoms with Gasteiger partial charge in [0, 0.05) is 23.5 Å². The van der Waals surface area contributed by atoms with E-state index in [1.165, 1.54) is 31.2 Å². The molecule has 7 heteroatoms. The molecule has 0 saturated heterocycles. The van der Waals surface area contributed by atoms with Crippen LogP contribution in [0.25, 0.3) is 0 Å². The van der Waals surface area contributed by atoms with Crippen molar-refractivity contribution >= 4 is 11.6 Å². The zero-order chi connectivity index (χ0) is 16.8. The van der Waals surface area contributed by atoms with Crippen molar-refractivity contribution in [3.8, 4) is 11.5 Å². The summed E-state index contributed by atoms with van der Waals surface area (Å²) in [5.41, 5.74) is 1.00. The molecule has 2 aromatic rings. The standard InChI is InChI=1S/C16H19N3O4/c1-4-11-8-16(21)19(10-17-11)9-15(20)18-12-5-6-13(22-2)14(7-12)23-3/h5-8,10H,4,9H2,1-3H3,(H,18,20). The number of anilines is 1. The molecule has 0 fully saturated rings. The van der Waals surface area contributed by atoms with Crippen LogP contribution < -0.4 is 20.3 Å². The highest BCUT2D eigenvalue weighted by molar-refractivity contribution is 5.90. The Labute approximate surface area is 133 Å². The smallest absolute Gasteiger partial charge is 0.253 e. The van der Waals surface area contributed by atoms with Crippen molar-refractivity contribution in [2.24, 2.45) is 0 Å². The quantitative estimate of drug-likeness (QED) is 0.872. The van der Waals surface area contributed by atoms with E-state index in [4.69, 9.17) is 9.47 Å². The lowest BCUT2D eigenvalue weighted by Gasteiger charge is -2.11. The molecule has 0 spiro atoms. The molecule has 0 atom stereocenters. The van der Waals surface area contributed by atoms with Gasteiger partial charge in [-0.1, -0.05) is 6.92 Å². The molecule has 1 amide bonds. The number of methoxy groups -OCH3 is 2. The molecule has 7 nitrogen and oxygen atoms in total. The average molecular weight is 317 g/mol. The summed E-state index contributed by atoms with van der Waals surface area (Å²) < 4.78 is 11.6. The zero-order valence-corrected chi connectivity index (χ0v) is 13.3. The van der Waals surface area contributed by atoms with Crippen LogP contribution in [0, 0.1) is 0 Å². The van der Waals surface area contributed by atoms with E-state index in [1.54, 1.807) is 18.2 Å². The van der Waals surface area contributed by atoms with Gasteiger partial charge in [-0.15, -0.1) is 0 Å². The monoisotopic (exact) mass is 317 g/mol. The van der Waals surface area contributed by atoms with Gasteiger partial charge in [-0.25, -0.2) is 4.98 Å². The first kappa shape index (κ1) is 16.5. The molecule has 0 radical (unpaired) electrons. The minimum atomic E-state index is -0.328. The highest BCUT2D eigenvalue weighted by Crippen LogP contribution is 2.29. The molecular formula is C16H19N3O4. The van der Waals surface area contributed by atoms with E-state index in [9.17, 15) is 9.59 Å². The maximum atomic E-state index is 12.1. The van der Waals surface area contributed by atoms with E-state index in [0.717, 1.165) is 0 Å². The maximum Gasteiger partial charge on any atom is 0.253 e. The van der Waals surface area contributed by atoms with E-state index >= 15 is 0 Å². The Hall–Kier alpha value is -2.83. The van der Waals surface area contributed by atoms with Gasteiger partial charge in [0.1, 0.15) is 6.54 Å². The van der Waals surface area contributed by atoms with Crippen molar-refractivity contribution in [3.63, 3.8) is 0 Å². The molecule has 0 aliphatic heterocycles. The molecule has 0 bridgehead atoms. The molecule has 1 N–H and O–H groups in total. The Morgan fingerprint density at radius 2 is 1.96 bits per heavy atom. The molecular weight excluding hydrogens is 298 g/mol. The van der Waals surface area contributed by atoms with Gasteiger partial charge in [-0.05, 0) is 18.6 Å².